The quantitative estimate of drug-likeness (QED) is 0.416. The molecule has 0 saturated carbocycles. The van der Waals surface area contributed by atoms with Crippen LogP contribution in [0.3, 0.4) is 0 Å². The molecule has 1 rings (SSSR count). The van der Waals surface area contributed by atoms with E-state index in [9.17, 15) is 4.79 Å². The van der Waals surface area contributed by atoms with Gasteiger partial charge in [0.15, 0.2) is 0 Å². The molecule has 0 unspecified atom stereocenters. The summed E-state index contributed by atoms with van der Waals surface area (Å²) < 4.78 is 0. The van der Waals surface area contributed by atoms with Crippen molar-refractivity contribution in [2.24, 2.45) is 17.8 Å². The van der Waals surface area contributed by atoms with E-state index in [1.54, 1.807) is 0 Å². The maximum atomic E-state index is 10.7. The van der Waals surface area contributed by atoms with Crippen molar-refractivity contribution in [3.8, 4) is 0 Å². The highest BCUT2D eigenvalue weighted by molar-refractivity contribution is 5.55. The van der Waals surface area contributed by atoms with Crippen LogP contribution in [0, 0.1) is 17.8 Å². The number of hydrogen-bond acceptors (Lipinski definition) is 1. The van der Waals surface area contributed by atoms with E-state index < -0.39 is 0 Å². The fraction of sp³-hybridized carbons (Fsp3) is 0.700. The zero-order valence-electron chi connectivity index (χ0n) is 7.50. The van der Waals surface area contributed by atoms with Gasteiger partial charge >= 0.3 is 0 Å². The van der Waals surface area contributed by atoms with E-state index in [2.05, 4.69) is 26.8 Å². The maximum absolute atomic E-state index is 10.7. The minimum atomic E-state index is 0.249. The Bertz CT molecular complexity index is 181. The van der Waals surface area contributed by atoms with Crippen molar-refractivity contribution in [3.63, 3.8) is 0 Å². The zero-order valence-corrected chi connectivity index (χ0v) is 7.50. The predicted molar refractivity (Wildman–Crippen MR) is 46.3 cm³/mol. The molecule has 1 heteroatoms. The molecule has 0 aromatic heterocycles. The van der Waals surface area contributed by atoms with E-state index in [1.165, 1.54) is 5.57 Å². The van der Waals surface area contributed by atoms with Crippen LogP contribution in [0.2, 0.25) is 0 Å². The maximum Gasteiger partial charge on any atom is 0.123 e. The van der Waals surface area contributed by atoms with E-state index in [-0.39, 0.29) is 5.92 Å². The molecule has 0 heterocycles. The SMILES string of the molecule is CC1=C[C@H](C)[C@@H](C=O)[C@H](C)C1. The van der Waals surface area contributed by atoms with Crippen molar-refractivity contribution < 1.29 is 4.79 Å². The van der Waals surface area contributed by atoms with Gasteiger partial charge < -0.3 is 4.79 Å². The molecule has 0 aliphatic heterocycles. The Morgan fingerprint density at radius 2 is 2.18 bits per heavy atom. The van der Waals surface area contributed by atoms with Gasteiger partial charge in [0, 0.05) is 5.92 Å². The van der Waals surface area contributed by atoms with Gasteiger partial charge in [-0.05, 0) is 25.2 Å². The van der Waals surface area contributed by atoms with E-state index in [4.69, 9.17) is 0 Å². The smallest absolute Gasteiger partial charge is 0.123 e. The number of carbonyl (C=O) groups is 1. The van der Waals surface area contributed by atoms with Gasteiger partial charge in [-0.15, -0.1) is 0 Å². The van der Waals surface area contributed by atoms with E-state index in [0.717, 1.165) is 12.7 Å². The fourth-order valence-corrected chi connectivity index (χ4v) is 2.05. The van der Waals surface area contributed by atoms with Gasteiger partial charge in [0.1, 0.15) is 6.29 Å². The normalized spacial score (nSPS) is 38.1. The van der Waals surface area contributed by atoms with Crippen LogP contribution < -0.4 is 0 Å². The third-order valence-electron chi connectivity index (χ3n) is 2.61. The first-order valence-corrected chi connectivity index (χ1v) is 4.27. The molecule has 0 bridgehead atoms. The molecule has 1 aliphatic carbocycles. The summed E-state index contributed by atoms with van der Waals surface area (Å²) in [4.78, 5) is 10.7. The third kappa shape index (κ3) is 1.70. The molecule has 0 spiro atoms. The highest BCUT2D eigenvalue weighted by atomic mass is 16.1. The van der Waals surface area contributed by atoms with Crippen molar-refractivity contribution >= 4 is 6.29 Å². The van der Waals surface area contributed by atoms with Crippen LogP contribution in [0.4, 0.5) is 0 Å². The summed E-state index contributed by atoms with van der Waals surface area (Å²) in [5.74, 6) is 1.22. The molecule has 0 fully saturated rings. The van der Waals surface area contributed by atoms with Gasteiger partial charge in [-0.2, -0.15) is 0 Å². The van der Waals surface area contributed by atoms with Gasteiger partial charge in [-0.1, -0.05) is 25.5 Å². The topological polar surface area (TPSA) is 17.1 Å². The molecule has 1 aliphatic rings. The zero-order chi connectivity index (χ0) is 8.43. The van der Waals surface area contributed by atoms with Gasteiger partial charge in [0.2, 0.25) is 0 Å². The lowest BCUT2D eigenvalue weighted by Crippen LogP contribution is -2.24. The molecule has 0 N–H and O–H groups in total. The van der Waals surface area contributed by atoms with Crippen molar-refractivity contribution in [2.45, 2.75) is 27.2 Å². The Morgan fingerprint density at radius 1 is 1.55 bits per heavy atom. The Balaban J connectivity index is 2.76. The van der Waals surface area contributed by atoms with Crippen LogP contribution in [0.25, 0.3) is 0 Å². The van der Waals surface area contributed by atoms with Crippen LogP contribution in [0.15, 0.2) is 11.6 Å². The Kier molecular flexibility index (Phi) is 2.48. The summed E-state index contributed by atoms with van der Waals surface area (Å²) in [6, 6.07) is 0. The summed E-state index contributed by atoms with van der Waals surface area (Å²) in [5.41, 5.74) is 1.43. The number of rotatable bonds is 1. The number of carbonyl (C=O) groups excluding carboxylic acids is 1. The molecule has 0 amide bonds. The second kappa shape index (κ2) is 3.21. The standard InChI is InChI=1S/C10H16O/c1-7-4-8(2)10(6-11)9(3)5-7/h4,6,8-10H,5H2,1-3H3/t8-,9+,10+/m0/s1. The van der Waals surface area contributed by atoms with Crippen molar-refractivity contribution in [1.82, 2.24) is 0 Å². The largest absolute Gasteiger partial charge is 0.303 e. The molecule has 0 aromatic carbocycles. The van der Waals surface area contributed by atoms with Crippen LogP contribution in [0.5, 0.6) is 0 Å². The Labute approximate surface area is 68.5 Å². The van der Waals surface area contributed by atoms with Crippen molar-refractivity contribution in [1.29, 1.82) is 0 Å². The fourth-order valence-electron chi connectivity index (χ4n) is 2.05. The van der Waals surface area contributed by atoms with Crippen LogP contribution >= 0.6 is 0 Å². The van der Waals surface area contributed by atoms with Gasteiger partial charge in [-0.3, -0.25) is 0 Å². The van der Waals surface area contributed by atoms with Crippen LogP contribution in [0.1, 0.15) is 27.2 Å². The lowest BCUT2D eigenvalue weighted by atomic mass is 9.76. The molecular weight excluding hydrogens is 136 g/mol. The average molecular weight is 152 g/mol. The number of allylic oxidation sites excluding steroid dienone is 2. The molecule has 0 aromatic rings. The summed E-state index contributed by atoms with van der Waals surface area (Å²) in [7, 11) is 0. The highest BCUT2D eigenvalue weighted by Crippen LogP contribution is 2.31. The first-order chi connectivity index (χ1) is 5.15. The summed E-state index contributed by atoms with van der Waals surface area (Å²) in [6.07, 6.45) is 4.42. The first kappa shape index (κ1) is 8.51. The molecule has 3 atom stereocenters. The lowest BCUT2D eigenvalue weighted by molar-refractivity contribution is -0.113. The monoisotopic (exact) mass is 152 g/mol. The van der Waals surface area contributed by atoms with Crippen molar-refractivity contribution in [2.75, 3.05) is 0 Å². The van der Waals surface area contributed by atoms with E-state index in [1.807, 2.05) is 0 Å². The molecule has 0 saturated heterocycles. The van der Waals surface area contributed by atoms with E-state index >= 15 is 0 Å². The second-order valence-electron chi connectivity index (χ2n) is 3.77. The molecule has 62 valence electrons. The average Bonchev–Trinajstić information content (AvgIpc) is 1.85. The summed E-state index contributed by atoms with van der Waals surface area (Å²) in [6.45, 7) is 6.43. The second-order valence-corrected chi connectivity index (χ2v) is 3.77. The minimum absolute atomic E-state index is 0.249. The Morgan fingerprint density at radius 3 is 2.64 bits per heavy atom. The van der Waals surface area contributed by atoms with Crippen molar-refractivity contribution in [3.05, 3.63) is 11.6 Å². The van der Waals surface area contributed by atoms with E-state index in [0.29, 0.717) is 11.8 Å². The van der Waals surface area contributed by atoms with Crippen LogP contribution in [-0.2, 0) is 4.79 Å². The van der Waals surface area contributed by atoms with Crippen LogP contribution in [-0.4, -0.2) is 6.29 Å². The van der Waals surface area contributed by atoms with Gasteiger partial charge in [0.25, 0.3) is 0 Å². The highest BCUT2D eigenvalue weighted by Gasteiger charge is 2.25. The first-order valence-electron chi connectivity index (χ1n) is 4.27. The number of hydrogen-bond donors (Lipinski definition) is 0. The minimum Gasteiger partial charge on any atom is -0.303 e. The summed E-state index contributed by atoms with van der Waals surface area (Å²) >= 11 is 0. The number of aldehydes is 1. The Hall–Kier alpha value is -0.590. The molecular formula is C10H16O. The molecule has 1 nitrogen and oxygen atoms in total. The van der Waals surface area contributed by atoms with Gasteiger partial charge in [0.05, 0.1) is 0 Å². The predicted octanol–water partition coefficient (Wildman–Crippen LogP) is 2.42. The van der Waals surface area contributed by atoms with Gasteiger partial charge in [-0.25, -0.2) is 0 Å². The molecule has 11 heavy (non-hydrogen) atoms. The third-order valence-corrected chi connectivity index (χ3v) is 2.61. The lowest BCUT2D eigenvalue weighted by Gasteiger charge is -2.28. The molecule has 0 radical (unpaired) electrons. The summed E-state index contributed by atoms with van der Waals surface area (Å²) in [5, 5.41) is 0.